The molecule has 7 heteroatoms. The second kappa shape index (κ2) is 8.00. The number of dihydropyridines is 1. The van der Waals surface area contributed by atoms with Crippen molar-refractivity contribution in [1.29, 1.82) is 0 Å². The number of nitrogens with zero attached hydrogens (tertiary/aromatic N) is 2. The van der Waals surface area contributed by atoms with E-state index in [1.54, 1.807) is 18.3 Å². The summed E-state index contributed by atoms with van der Waals surface area (Å²) in [6.07, 6.45) is 8.10. The van der Waals surface area contributed by atoms with E-state index in [-0.39, 0.29) is 10.9 Å². The predicted molar refractivity (Wildman–Crippen MR) is 125 cm³/mol. The van der Waals surface area contributed by atoms with E-state index in [1.165, 1.54) is 24.5 Å². The molecule has 3 heterocycles. The molecule has 3 aliphatic heterocycles. The van der Waals surface area contributed by atoms with E-state index in [1.807, 2.05) is 12.3 Å². The number of nitrogens with one attached hydrogen (secondary N) is 1. The van der Waals surface area contributed by atoms with Gasteiger partial charge in [-0.05, 0) is 72.3 Å². The Morgan fingerprint density at radius 2 is 1.74 bits per heavy atom. The molecule has 1 unspecified atom stereocenters. The molecule has 3 N–H and O–H groups in total. The first-order valence-electron chi connectivity index (χ1n) is 10.5. The zero-order chi connectivity index (χ0) is 21.4. The molecular weight excluding hydrogens is 408 g/mol. The van der Waals surface area contributed by atoms with Crippen LogP contribution in [0, 0.1) is 0 Å². The minimum absolute atomic E-state index is 0.0832. The third-order valence-electron chi connectivity index (χ3n) is 6.13. The molecule has 3 aliphatic rings. The van der Waals surface area contributed by atoms with Crippen LogP contribution in [0.15, 0.2) is 75.2 Å². The molecule has 1 fully saturated rings. The van der Waals surface area contributed by atoms with Crippen LogP contribution >= 0.6 is 0 Å². The zero-order valence-corrected chi connectivity index (χ0v) is 17.8. The molecule has 5 rings (SSSR count). The van der Waals surface area contributed by atoms with Crippen molar-refractivity contribution < 1.29 is 8.42 Å². The number of rotatable bonds is 4. The molecule has 0 aromatic heterocycles. The van der Waals surface area contributed by atoms with Crippen LogP contribution in [-0.2, 0) is 10.0 Å². The van der Waals surface area contributed by atoms with Crippen molar-refractivity contribution in [3.8, 4) is 0 Å². The first-order chi connectivity index (χ1) is 15.0. The number of nitrogens with two attached hydrogens (primary N) is 1. The van der Waals surface area contributed by atoms with Crippen molar-refractivity contribution >= 4 is 33.6 Å². The van der Waals surface area contributed by atoms with Gasteiger partial charge in [-0.1, -0.05) is 36.4 Å². The van der Waals surface area contributed by atoms with E-state index in [0.717, 1.165) is 41.1 Å². The summed E-state index contributed by atoms with van der Waals surface area (Å²) in [4.78, 5) is 9.36. The van der Waals surface area contributed by atoms with Crippen LogP contribution in [0.1, 0.15) is 35.4 Å². The Labute approximate surface area is 182 Å². The molecule has 1 atom stereocenters. The molecule has 1 saturated heterocycles. The first-order valence-corrected chi connectivity index (χ1v) is 12.0. The standard InChI is InChI=1S/C24H24N4O2S/c25-31(29,30)21-3-1-2-19(12-21)22-15-27-23-13-20(14-28-24(22)23)17-6-4-16(5-7-17)18-8-10-26-11-9-18/h1-7,12-15,18,23,26H,8-11H2,(H2,25,29,30). The Morgan fingerprint density at radius 1 is 0.968 bits per heavy atom. The fourth-order valence-electron chi connectivity index (χ4n) is 4.41. The van der Waals surface area contributed by atoms with E-state index < -0.39 is 10.0 Å². The maximum Gasteiger partial charge on any atom is 0.238 e. The van der Waals surface area contributed by atoms with Crippen molar-refractivity contribution in [2.75, 3.05) is 13.1 Å². The highest BCUT2D eigenvalue weighted by Crippen LogP contribution is 2.33. The normalized spacial score (nSPS) is 21.3. The van der Waals surface area contributed by atoms with Crippen LogP contribution in [0.2, 0.25) is 0 Å². The van der Waals surface area contributed by atoms with Gasteiger partial charge >= 0.3 is 0 Å². The van der Waals surface area contributed by atoms with Gasteiger partial charge in [0.1, 0.15) is 6.04 Å². The lowest BCUT2D eigenvalue weighted by molar-refractivity contribution is 0.460. The summed E-state index contributed by atoms with van der Waals surface area (Å²) in [5, 5.41) is 8.69. The number of fused-ring (bicyclic) bond motifs is 1. The molecule has 2 aromatic carbocycles. The third kappa shape index (κ3) is 4.04. The number of allylic oxidation sites excluding steroid dienone is 2. The smallest absolute Gasteiger partial charge is 0.238 e. The summed E-state index contributed by atoms with van der Waals surface area (Å²) in [5.41, 5.74) is 5.95. The Bertz CT molecular complexity index is 1230. The van der Waals surface area contributed by atoms with Gasteiger partial charge in [0.2, 0.25) is 10.0 Å². The maximum absolute atomic E-state index is 11.7. The number of piperidine rings is 1. The van der Waals surface area contributed by atoms with Crippen LogP contribution in [-0.4, -0.2) is 40.0 Å². The molecule has 0 radical (unpaired) electrons. The summed E-state index contributed by atoms with van der Waals surface area (Å²) < 4.78 is 23.4. The molecule has 158 valence electrons. The zero-order valence-electron chi connectivity index (χ0n) is 17.0. The van der Waals surface area contributed by atoms with E-state index >= 15 is 0 Å². The van der Waals surface area contributed by atoms with Crippen molar-refractivity contribution in [2.45, 2.75) is 29.7 Å². The van der Waals surface area contributed by atoms with Crippen LogP contribution in [0.25, 0.3) is 11.1 Å². The van der Waals surface area contributed by atoms with E-state index in [0.29, 0.717) is 5.92 Å². The summed E-state index contributed by atoms with van der Waals surface area (Å²) in [6.45, 7) is 2.17. The molecule has 0 spiro atoms. The van der Waals surface area contributed by atoms with Crippen LogP contribution in [0.3, 0.4) is 0 Å². The number of aliphatic imine (C=N–C) groups is 2. The molecule has 31 heavy (non-hydrogen) atoms. The Balaban J connectivity index is 1.39. The van der Waals surface area contributed by atoms with Crippen LogP contribution in [0.4, 0.5) is 0 Å². The lowest BCUT2D eigenvalue weighted by Crippen LogP contribution is -2.26. The van der Waals surface area contributed by atoms with E-state index in [2.05, 4.69) is 45.6 Å². The highest BCUT2D eigenvalue weighted by atomic mass is 32.2. The van der Waals surface area contributed by atoms with Gasteiger partial charge in [0.05, 0.1) is 10.6 Å². The third-order valence-corrected chi connectivity index (χ3v) is 7.04. The largest absolute Gasteiger partial charge is 0.317 e. The molecule has 0 bridgehead atoms. The van der Waals surface area contributed by atoms with Gasteiger partial charge in [-0.15, -0.1) is 0 Å². The molecule has 0 saturated carbocycles. The quantitative estimate of drug-likeness (QED) is 0.777. The monoisotopic (exact) mass is 432 g/mol. The van der Waals surface area contributed by atoms with Crippen molar-refractivity contribution in [2.24, 2.45) is 15.1 Å². The summed E-state index contributed by atoms with van der Waals surface area (Å²) >= 11 is 0. The highest BCUT2D eigenvalue weighted by molar-refractivity contribution is 7.89. The number of primary sulfonamides is 1. The van der Waals surface area contributed by atoms with Gasteiger partial charge in [-0.25, -0.2) is 13.6 Å². The minimum atomic E-state index is -3.76. The van der Waals surface area contributed by atoms with Crippen LogP contribution in [0.5, 0.6) is 0 Å². The minimum Gasteiger partial charge on any atom is -0.317 e. The number of hydrogen-bond donors (Lipinski definition) is 2. The van der Waals surface area contributed by atoms with Gasteiger partial charge in [0.15, 0.2) is 0 Å². The van der Waals surface area contributed by atoms with Gasteiger partial charge < -0.3 is 5.32 Å². The van der Waals surface area contributed by atoms with Crippen molar-refractivity contribution in [3.63, 3.8) is 0 Å². The summed E-state index contributed by atoms with van der Waals surface area (Å²) in [5.74, 6) is 0.633. The average molecular weight is 433 g/mol. The first kappa shape index (κ1) is 20.1. The van der Waals surface area contributed by atoms with Crippen molar-refractivity contribution in [1.82, 2.24) is 5.32 Å². The fourth-order valence-corrected chi connectivity index (χ4v) is 4.97. The highest BCUT2D eigenvalue weighted by Gasteiger charge is 2.25. The van der Waals surface area contributed by atoms with Crippen LogP contribution < -0.4 is 10.5 Å². The second-order valence-corrected chi connectivity index (χ2v) is 9.68. The predicted octanol–water partition coefficient (Wildman–Crippen LogP) is 3.13. The van der Waals surface area contributed by atoms with Gasteiger partial charge in [0, 0.05) is 18.0 Å². The summed E-state index contributed by atoms with van der Waals surface area (Å²) in [7, 11) is -3.76. The number of sulfonamides is 1. The lowest BCUT2D eigenvalue weighted by atomic mass is 9.89. The topological polar surface area (TPSA) is 96.9 Å². The van der Waals surface area contributed by atoms with Crippen molar-refractivity contribution in [3.05, 3.63) is 77.0 Å². The van der Waals surface area contributed by atoms with E-state index in [9.17, 15) is 8.42 Å². The number of hydrogen-bond acceptors (Lipinski definition) is 5. The lowest BCUT2D eigenvalue weighted by Gasteiger charge is -2.23. The molecule has 0 aliphatic carbocycles. The fraction of sp³-hybridized carbons (Fsp3) is 0.250. The number of benzene rings is 2. The molecular formula is C24H24N4O2S. The summed E-state index contributed by atoms with van der Waals surface area (Å²) in [6, 6.07) is 15.2. The average Bonchev–Trinajstić information content (AvgIpc) is 3.23. The Kier molecular flexibility index (Phi) is 5.17. The van der Waals surface area contributed by atoms with Gasteiger partial charge in [0.25, 0.3) is 0 Å². The Hall–Kier alpha value is -2.87. The van der Waals surface area contributed by atoms with Gasteiger partial charge in [-0.2, -0.15) is 0 Å². The van der Waals surface area contributed by atoms with Gasteiger partial charge in [-0.3, -0.25) is 9.98 Å². The SMILES string of the molecule is NS(=O)(=O)c1cccc(C2=C3N=CC(c4ccc(C5CCNCC5)cc4)=CC3N=C2)c1. The molecule has 2 aromatic rings. The Morgan fingerprint density at radius 3 is 2.48 bits per heavy atom. The molecule has 6 nitrogen and oxygen atoms in total. The molecule has 0 amide bonds. The van der Waals surface area contributed by atoms with E-state index in [4.69, 9.17) is 5.14 Å². The maximum atomic E-state index is 11.7. The second-order valence-electron chi connectivity index (χ2n) is 8.12.